The first-order valence-corrected chi connectivity index (χ1v) is 4.56. The lowest BCUT2D eigenvalue weighted by atomic mass is 10.1. The number of rotatable bonds is 3. The van der Waals surface area contributed by atoms with Crippen LogP contribution in [0.25, 0.3) is 0 Å². The van der Waals surface area contributed by atoms with Crippen molar-refractivity contribution in [3.63, 3.8) is 0 Å². The minimum Gasteiger partial charge on any atom is -0.478 e. The van der Waals surface area contributed by atoms with Gasteiger partial charge in [-0.15, -0.1) is 0 Å². The molecule has 0 atom stereocenters. The number of aromatic carboxylic acids is 1. The number of aryl methyl sites for hydroxylation is 1. The Balaban J connectivity index is 2.96. The molecule has 0 unspecified atom stereocenters. The number of hydrogen-bond acceptors (Lipinski definition) is 5. The van der Waals surface area contributed by atoms with E-state index in [2.05, 4.69) is 10.5 Å². The summed E-state index contributed by atoms with van der Waals surface area (Å²) >= 11 is 0. The number of carboxylic acid groups (broad SMARTS) is 1. The second-order valence-electron chi connectivity index (χ2n) is 3.13. The quantitative estimate of drug-likeness (QED) is 0.601. The predicted octanol–water partition coefficient (Wildman–Crippen LogP) is 1.51. The number of nitrogens with one attached hydrogen (secondary N) is 1. The zero-order valence-corrected chi connectivity index (χ0v) is 8.93. The van der Waals surface area contributed by atoms with E-state index in [1.165, 1.54) is 18.2 Å². The van der Waals surface area contributed by atoms with Crippen LogP contribution in [-0.2, 0) is 0 Å². The van der Waals surface area contributed by atoms with E-state index in [0.717, 1.165) is 0 Å². The fourth-order valence-corrected chi connectivity index (χ4v) is 1.11. The highest BCUT2D eigenvalue weighted by Gasteiger charge is 2.05. The van der Waals surface area contributed by atoms with Gasteiger partial charge in [-0.3, -0.25) is 5.43 Å². The summed E-state index contributed by atoms with van der Waals surface area (Å²) < 4.78 is 0. The molecular formula is C11H8N4O2. The molecule has 84 valence electrons. The molecule has 0 bridgehead atoms. The molecular weight excluding hydrogens is 220 g/mol. The van der Waals surface area contributed by atoms with Crippen LogP contribution < -0.4 is 5.43 Å². The van der Waals surface area contributed by atoms with Crippen LogP contribution in [0.4, 0.5) is 5.69 Å². The minimum atomic E-state index is -1.02. The van der Waals surface area contributed by atoms with Crippen LogP contribution in [0.15, 0.2) is 23.3 Å². The molecule has 0 radical (unpaired) electrons. The molecule has 17 heavy (non-hydrogen) atoms. The smallest absolute Gasteiger partial charge is 0.335 e. The highest BCUT2D eigenvalue weighted by molar-refractivity contribution is 6.10. The summed E-state index contributed by atoms with van der Waals surface area (Å²) in [4.78, 5) is 10.7. The molecule has 1 aromatic rings. The molecule has 0 fully saturated rings. The van der Waals surface area contributed by atoms with E-state index in [0.29, 0.717) is 11.3 Å². The molecule has 2 N–H and O–H groups in total. The van der Waals surface area contributed by atoms with Crippen molar-refractivity contribution in [2.24, 2.45) is 5.10 Å². The number of hydrazone groups is 1. The number of carbonyl (C=O) groups is 1. The van der Waals surface area contributed by atoms with Crippen molar-refractivity contribution >= 4 is 17.4 Å². The van der Waals surface area contributed by atoms with Crippen LogP contribution in [0.3, 0.4) is 0 Å². The van der Waals surface area contributed by atoms with Crippen molar-refractivity contribution in [2.45, 2.75) is 6.92 Å². The number of hydrogen-bond donors (Lipinski definition) is 2. The topological polar surface area (TPSA) is 109 Å². The Kier molecular flexibility index (Phi) is 3.80. The van der Waals surface area contributed by atoms with Crippen molar-refractivity contribution in [1.29, 1.82) is 10.5 Å². The number of nitrogens with zero attached hydrogens (tertiary/aromatic N) is 3. The fraction of sp³-hybridized carbons (Fsp3) is 0.0909. The summed E-state index contributed by atoms with van der Waals surface area (Å²) in [6.45, 7) is 1.70. The van der Waals surface area contributed by atoms with E-state index in [1.807, 2.05) is 0 Å². The first-order valence-electron chi connectivity index (χ1n) is 4.56. The first kappa shape index (κ1) is 12.2. The van der Waals surface area contributed by atoms with Crippen molar-refractivity contribution < 1.29 is 9.90 Å². The fourth-order valence-electron chi connectivity index (χ4n) is 1.11. The molecule has 0 aliphatic carbocycles. The first-order chi connectivity index (χ1) is 8.08. The molecule has 6 heteroatoms. The van der Waals surface area contributed by atoms with Crippen LogP contribution in [-0.4, -0.2) is 16.8 Å². The standard InChI is InChI=1S/C11H8N4O2/c1-7-4-8(11(16)17)2-3-10(7)15-14-9(5-12)6-13/h2-4,15H,1H3,(H,16,17). The summed E-state index contributed by atoms with van der Waals surface area (Å²) in [7, 11) is 0. The van der Waals surface area contributed by atoms with Gasteiger partial charge >= 0.3 is 5.97 Å². The number of anilines is 1. The van der Waals surface area contributed by atoms with Gasteiger partial charge in [-0.1, -0.05) is 0 Å². The van der Waals surface area contributed by atoms with Gasteiger partial charge in [0.15, 0.2) is 0 Å². The Labute approximate surface area is 97.4 Å². The van der Waals surface area contributed by atoms with Gasteiger partial charge in [0.2, 0.25) is 5.71 Å². The molecule has 0 saturated carbocycles. The third kappa shape index (κ3) is 3.05. The van der Waals surface area contributed by atoms with E-state index in [4.69, 9.17) is 15.6 Å². The zero-order chi connectivity index (χ0) is 12.8. The van der Waals surface area contributed by atoms with E-state index >= 15 is 0 Å². The summed E-state index contributed by atoms with van der Waals surface area (Å²) in [6, 6.07) is 7.61. The maximum Gasteiger partial charge on any atom is 0.335 e. The third-order valence-electron chi connectivity index (χ3n) is 1.97. The zero-order valence-electron chi connectivity index (χ0n) is 8.93. The maximum atomic E-state index is 10.7. The number of carboxylic acids is 1. The van der Waals surface area contributed by atoms with Crippen molar-refractivity contribution in [2.75, 3.05) is 5.43 Å². The van der Waals surface area contributed by atoms with Crippen LogP contribution in [0.1, 0.15) is 15.9 Å². The highest BCUT2D eigenvalue weighted by Crippen LogP contribution is 2.16. The number of nitriles is 2. The molecule has 1 rings (SSSR count). The van der Waals surface area contributed by atoms with Crippen LogP contribution in [0.2, 0.25) is 0 Å². The molecule has 0 heterocycles. The van der Waals surface area contributed by atoms with E-state index in [1.54, 1.807) is 19.1 Å². The highest BCUT2D eigenvalue weighted by atomic mass is 16.4. The Morgan fingerprint density at radius 2 is 2.06 bits per heavy atom. The second kappa shape index (κ2) is 5.29. The van der Waals surface area contributed by atoms with Gasteiger partial charge in [0.05, 0.1) is 11.3 Å². The number of benzene rings is 1. The molecule has 0 saturated heterocycles. The molecule has 0 amide bonds. The molecule has 0 aliphatic heterocycles. The maximum absolute atomic E-state index is 10.7. The van der Waals surface area contributed by atoms with Crippen molar-refractivity contribution in [3.8, 4) is 12.1 Å². The Bertz CT molecular complexity index is 548. The Morgan fingerprint density at radius 1 is 1.41 bits per heavy atom. The summed E-state index contributed by atoms with van der Waals surface area (Å²) in [5.41, 5.74) is 3.59. The summed E-state index contributed by atoms with van der Waals surface area (Å²) in [6.07, 6.45) is 0. The average Bonchev–Trinajstić information content (AvgIpc) is 2.31. The van der Waals surface area contributed by atoms with E-state index in [9.17, 15) is 4.79 Å². The largest absolute Gasteiger partial charge is 0.478 e. The molecule has 6 nitrogen and oxygen atoms in total. The van der Waals surface area contributed by atoms with Gasteiger partial charge in [-0.2, -0.15) is 15.6 Å². The van der Waals surface area contributed by atoms with Gasteiger partial charge in [0.25, 0.3) is 0 Å². The monoisotopic (exact) mass is 228 g/mol. The molecule has 1 aromatic carbocycles. The van der Waals surface area contributed by atoms with Crippen LogP contribution >= 0.6 is 0 Å². The lowest BCUT2D eigenvalue weighted by molar-refractivity contribution is 0.0697. The lowest BCUT2D eigenvalue weighted by Crippen LogP contribution is -2.01. The third-order valence-corrected chi connectivity index (χ3v) is 1.97. The van der Waals surface area contributed by atoms with Crippen molar-refractivity contribution in [1.82, 2.24) is 0 Å². The van der Waals surface area contributed by atoms with Gasteiger partial charge < -0.3 is 5.11 Å². The summed E-state index contributed by atoms with van der Waals surface area (Å²) in [5.74, 6) is -1.02. The Hall–Kier alpha value is -2.86. The van der Waals surface area contributed by atoms with Gasteiger partial charge in [0, 0.05) is 0 Å². The van der Waals surface area contributed by atoms with E-state index < -0.39 is 5.97 Å². The van der Waals surface area contributed by atoms with Gasteiger partial charge in [-0.05, 0) is 30.7 Å². The van der Waals surface area contributed by atoms with Gasteiger partial charge in [0.1, 0.15) is 12.1 Å². The second-order valence-corrected chi connectivity index (χ2v) is 3.13. The van der Waals surface area contributed by atoms with E-state index in [-0.39, 0.29) is 11.3 Å². The molecule has 0 aromatic heterocycles. The Morgan fingerprint density at radius 3 is 2.53 bits per heavy atom. The minimum absolute atomic E-state index is 0.165. The SMILES string of the molecule is Cc1cc(C(=O)O)ccc1NN=C(C#N)C#N. The average molecular weight is 228 g/mol. The predicted molar refractivity (Wildman–Crippen MR) is 60.4 cm³/mol. The van der Waals surface area contributed by atoms with Crippen LogP contribution in [0, 0.1) is 29.6 Å². The molecule has 0 spiro atoms. The van der Waals surface area contributed by atoms with Gasteiger partial charge in [-0.25, -0.2) is 4.79 Å². The molecule has 0 aliphatic rings. The van der Waals surface area contributed by atoms with Crippen molar-refractivity contribution in [3.05, 3.63) is 29.3 Å². The normalized spacial score (nSPS) is 8.65. The lowest BCUT2D eigenvalue weighted by Gasteiger charge is -2.05. The summed E-state index contributed by atoms with van der Waals surface area (Å²) in [5, 5.41) is 29.3. The van der Waals surface area contributed by atoms with Crippen LogP contribution in [0.5, 0.6) is 0 Å².